The van der Waals surface area contributed by atoms with Gasteiger partial charge < -0.3 is 20.2 Å². The lowest BCUT2D eigenvalue weighted by Crippen LogP contribution is -2.49. The molecule has 3 aliphatic rings. The number of nitrogens with one attached hydrogen (secondary N) is 2. The number of anilines is 2. The summed E-state index contributed by atoms with van der Waals surface area (Å²) < 4.78 is 0. The van der Waals surface area contributed by atoms with Crippen LogP contribution < -0.4 is 20.4 Å². The molecule has 3 heterocycles. The Balaban J connectivity index is 1.18. The summed E-state index contributed by atoms with van der Waals surface area (Å²) in [6.07, 6.45) is 1.10. The third kappa shape index (κ3) is 5.96. The van der Waals surface area contributed by atoms with Gasteiger partial charge in [0.1, 0.15) is 0 Å². The Hall–Kier alpha value is -3.34. The zero-order valence-electron chi connectivity index (χ0n) is 19.2. The molecule has 3 saturated heterocycles. The van der Waals surface area contributed by atoms with Crippen LogP contribution in [0.25, 0.3) is 0 Å². The van der Waals surface area contributed by atoms with Gasteiger partial charge in [0.25, 0.3) is 0 Å². The fourth-order valence-electron chi connectivity index (χ4n) is 4.74. The number of hydrogen-bond donors (Lipinski definition) is 3. The van der Waals surface area contributed by atoms with Crippen molar-refractivity contribution in [3.05, 3.63) is 24.3 Å². The molecule has 0 aliphatic carbocycles. The second kappa shape index (κ2) is 10.7. The molecule has 11 nitrogen and oxygen atoms in total. The van der Waals surface area contributed by atoms with Crippen LogP contribution in [0.2, 0.25) is 0 Å². The van der Waals surface area contributed by atoms with Crippen LogP contribution in [0.5, 0.6) is 0 Å². The van der Waals surface area contributed by atoms with Gasteiger partial charge >= 0.3 is 12.1 Å². The fraction of sp³-hybridized carbons (Fsp3) is 0.565. The van der Waals surface area contributed by atoms with Crippen LogP contribution in [0.4, 0.5) is 21.0 Å². The number of urea groups is 1. The minimum absolute atomic E-state index is 0.0649. The van der Waals surface area contributed by atoms with Crippen molar-refractivity contribution in [3.63, 3.8) is 0 Å². The first-order valence-corrected chi connectivity index (χ1v) is 11.8. The molecule has 11 heteroatoms. The predicted octanol–water partition coefficient (Wildman–Crippen LogP) is 0.904. The van der Waals surface area contributed by atoms with Gasteiger partial charge in [0.15, 0.2) is 0 Å². The van der Waals surface area contributed by atoms with E-state index in [-0.39, 0.29) is 23.9 Å². The molecule has 0 unspecified atom stereocenters. The van der Waals surface area contributed by atoms with Gasteiger partial charge in [-0.1, -0.05) is 0 Å². The number of benzene rings is 1. The third-order valence-corrected chi connectivity index (χ3v) is 6.77. The third-order valence-electron chi connectivity index (χ3n) is 6.77. The van der Waals surface area contributed by atoms with Gasteiger partial charge in [-0.3, -0.25) is 24.7 Å². The Morgan fingerprint density at radius 1 is 0.941 bits per heavy atom. The number of piperazine rings is 1. The van der Waals surface area contributed by atoms with Gasteiger partial charge in [-0.05, 0) is 37.1 Å². The molecule has 1 aromatic rings. The summed E-state index contributed by atoms with van der Waals surface area (Å²) in [5.74, 6) is -0.106. The molecule has 3 fully saturated rings. The van der Waals surface area contributed by atoms with Crippen molar-refractivity contribution in [2.45, 2.75) is 31.7 Å². The summed E-state index contributed by atoms with van der Waals surface area (Å²) >= 11 is 0. The number of nitrogens with zero attached hydrogens (tertiary/aromatic N) is 4. The summed E-state index contributed by atoms with van der Waals surface area (Å²) in [4.78, 5) is 54.7. The lowest BCUT2D eigenvalue weighted by atomic mass is 10.0. The molecule has 0 radical (unpaired) electrons. The van der Waals surface area contributed by atoms with E-state index in [0.717, 1.165) is 44.1 Å². The van der Waals surface area contributed by atoms with E-state index in [1.54, 1.807) is 4.90 Å². The molecule has 0 saturated carbocycles. The SMILES string of the molecule is O=C(O)NC1CCN(C(=O)CCN2CCN(c3ccc(N4CCC(=O)NC4=O)cc3)CC2)CC1. The molecular formula is C23H32N6O5. The molecule has 34 heavy (non-hydrogen) atoms. The van der Waals surface area contributed by atoms with Crippen molar-refractivity contribution < 1.29 is 24.3 Å². The van der Waals surface area contributed by atoms with Crippen LogP contribution in [0.3, 0.4) is 0 Å². The Bertz CT molecular complexity index is 907. The highest BCUT2D eigenvalue weighted by Crippen LogP contribution is 2.23. The monoisotopic (exact) mass is 472 g/mol. The Labute approximate surface area is 198 Å². The maximum Gasteiger partial charge on any atom is 0.404 e. The quantitative estimate of drug-likeness (QED) is 0.562. The first-order chi connectivity index (χ1) is 16.4. The number of carbonyl (C=O) groups excluding carboxylic acids is 3. The molecule has 0 spiro atoms. The van der Waals surface area contributed by atoms with Crippen LogP contribution in [-0.4, -0.2) is 97.2 Å². The molecule has 1 aromatic carbocycles. The second-order valence-corrected chi connectivity index (χ2v) is 8.95. The van der Waals surface area contributed by atoms with Crippen molar-refractivity contribution in [1.82, 2.24) is 20.4 Å². The maximum absolute atomic E-state index is 12.6. The van der Waals surface area contributed by atoms with E-state index in [2.05, 4.69) is 20.4 Å². The Kier molecular flexibility index (Phi) is 7.51. The van der Waals surface area contributed by atoms with Gasteiger partial charge in [-0.2, -0.15) is 0 Å². The maximum atomic E-state index is 12.6. The predicted molar refractivity (Wildman–Crippen MR) is 126 cm³/mol. The van der Waals surface area contributed by atoms with E-state index in [0.29, 0.717) is 45.3 Å². The number of carbonyl (C=O) groups is 4. The summed E-state index contributed by atoms with van der Waals surface area (Å²) in [6.45, 7) is 5.77. The fourth-order valence-corrected chi connectivity index (χ4v) is 4.74. The van der Waals surface area contributed by atoms with E-state index in [4.69, 9.17) is 5.11 Å². The summed E-state index contributed by atoms with van der Waals surface area (Å²) in [7, 11) is 0. The summed E-state index contributed by atoms with van der Waals surface area (Å²) in [5.41, 5.74) is 1.86. The molecule has 3 aliphatic heterocycles. The minimum Gasteiger partial charge on any atom is -0.465 e. The molecule has 0 aromatic heterocycles. The Morgan fingerprint density at radius 3 is 2.21 bits per heavy atom. The number of rotatable bonds is 6. The minimum atomic E-state index is -1.01. The molecule has 184 valence electrons. The smallest absolute Gasteiger partial charge is 0.404 e. The summed E-state index contributed by atoms with van der Waals surface area (Å²) in [6, 6.07) is 7.37. The molecule has 5 amide bonds. The van der Waals surface area contributed by atoms with Gasteiger partial charge in [0.05, 0.1) is 0 Å². The van der Waals surface area contributed by atoms with E-state index in [1.807, 2.05) is 29.2 Å². The molecule has 3 N–H and O–H groups in total. The zero-order chi connectivity index (χ0) is 24.1. The van der Waals surface area contributed by atoms with Crippen molar-refractivity contribution in [1.29, 1.82) is 0 Å². The first-order valence-electron chi connectivity index (χ1n) is 11.8. The number of amides is 5. The van der Waals surface area contributed by atoms with Gasteiger partial charge in [0.2, 0.25) is 11.8 Å². The van der Waals surface area contributed by atoms with E-state index in [1.165, 1.54) is 0 Å². The standard InChI is InChI=1S/C23H32N6O5/c30-20-7-12-29(22(32)25-20)19-3-1-18(2-4-19)27-15-13-26(14-16-27)9-8-21(31)28-10-5-17(6-11-28)24-23(33)34/h1-4,17,24H,5-16H2,(H,33,34)(H,25,30,32). The van der Waals surface area contributed by atoms with Gasteiger partial charge in [-0.25, -0.2) is 9.59 Å². The molecule has 0 atom stereocenters. The van der Waals surface area contributed by atoms with Crippen molar-refractivity contribution in [2.75, 3.05) is 62.2 Å². The number of likely N-dealkylation sites (tertiary alicyclic amines) is 1. The molecule has 0 bridgehead atoms. The van der Waals surface area contributed by atoms with Crippen molar-refractivity contribution in [3.8, 4) is 0 Å². The van der Waals surface area contributed by atoms with Crippen molar-refractivity contribution >= 4 is 35.3 Å². The van der Waals surface area contributed by atoms with E-state index in [9.17, 15) is 19.2 Å². The largest absolute Gasteiger partial charge is 0.465 e. The molecule has 4 rings (SSSR count). The van der Waals surface area contributed by atoms with Crippen LogP contribution >= 0.6 is 0 Å². The van der Waals surface area contributed by atoms with Gasteiger partial charge in [0, 0.05) is 82.6 Å². The van der Waals surface area contributed by atoms with Crippen LogP contribution in [0, 0.1) is 0 Å². The van der Waals surface area contributed by atoms with Crippen LogP contribution in [-0.2, 0) is 9.59 Å². The summed E-state index contributed by atoms with van der Waals surface area (Å²) in [5, 5.41) is 13.7. The number of hydrogen-bond acceptors (Lipinski definition) is 6. The average molecular weight is 473 g/mol. The van der Waals surface area contributed by atoms with E-state index >= 15 is 0 Å². The van der Waals surface area contributed by atoms with Crippen molar-refractivity contribution in [2.24, 2.45) is 0 Å². The normalized spacial score (nSPS) is 20.3. The topological polar surface area (TPSA) is 126 Å². The lowest BCUT2D eigenvalue weighted by Gasteiger charge is -2.37. The first kappa shape index (κ1) is 23.8. The highest BCUT2D eigenvalue weighted by Gasteiger charge is 2.26. The van der Waals surface area contributed by atoms with Crippen LogP contribution in [0.1, 0.15) is 25.7 Å². The number of imide groups is 1. The highest BCUT2D eigenvalue weighted by molar-refractivity contribution is 6.05. The van der Waals surface area contributed by atoms with Crippen LogP contribution in [0.15, 0.2) is 24.3 Å². The van der Waals surface area contributed by atoms with E-state index < -0.39 is 6.09 Å². The molecular weight excluding hydrogens is 440 g/mol. The lowest BCUT2D eigenvalue weighted by molar-refractivity contribution is -0.132. The number of carboxylic acid groups (broad SMARTS) is 1. The zero-order valence-corrected chi connectivity index (χ0v) is 19.2. The Morgan fingerprint density at radius 2 is 1.59 bits per heavy atom. The number of piperidine rings is 1. The highest BCUT2D eigenvalue weighted by atomic mass is 16.4. The second-order valence-electron chi connectivity index (χ2n) is 8.95. The average Bonchev–Trinajstić information content (AvgIpc) is 2.83. The van der Waals surface area contributed by atoms with Gasteiger partial charge in [-0.15, -0.1) is 0 Å².